The van der Waals surface area contributed by atoms with Crippen molar-refractivity contribution in [1.29, 1.82) is 0 Å². The second-order valence-electron chi connectivity index (χ2n) is 5.93. The highest BCUT2D eigenvalue weighted by molar-refractivity contribution is 5.80. The molecule has 1 fully saturated rings. The molecule has 1 aliphatic carbocycles. The van der Waals surface area contributed by atoms with Gasteiger partial charge in [0.2, 0.25) is 5.91 Å². The number of nitrogens with one attached hydrogen (secondary N) is 2. The zero-order chi connectivity index (χ0) is 14.7. The average Bonchev–Trinajstić information content (AvgIpc) is 3.15. The van der Waals surface area contributed by atoms with E-state index in [4.69, 9.17) is 9.47 Å². The van der Waals surface area contributed by atoms with Crippen LogP contribution in [0.2, 0.25) is 0 Å². The van der Waals surface area contributed by atoms with E-state index < -0.39 is 6.10 Å². The van der Waals surface area contributed by atoms with Crippen LogP contribution in [-0.4, -0.2) is 47.6 Å². The number of aromatic amines is 1. The lowest BCUT2D eigenvalue weighted by molar-refractivity contribution is -0.134. The molecule has 6 heteroatoms. The Morgan fingerprint density at radius 1 is 1.62 bits per heavy atom. The van der Waals surface area contributed by atoms with Crippen LogP contribution in [-0.2, 0) is 27.1 Å². The van der Waals surface area contributed by atoms with Gasteiger partial charge in [-0.15, -0.1) is 0 Å². The van der Waals surface area contributed by atoms with Gasteiger partial charge in [-0.25, -0.2) is 0 Å². The van der Waals surface area contributed by atoms with Gasteiger partial charge >= 0.3 is 0 Å². The van der Waals surface area contributed by atoms with Crippen molar-refractivity contribution in [3.05, 3.63) is 17.5 Å². The van der Waals surface area contributed by atoms with E-state index in [0.717, 1.165) is 44.4 Å². The number of rotatable bonds is 5. The summed E-state index contributed by atoms with van der Waals surface area (Å²) >= 11 is 0. The first-order chi connectivity index (χ1) is 10.2. The number of nitrogens with zero attached hydrogens (tertiary/aromatic N) is 1. The molecule has 3 atom stereocenters. The van der Waals surface area contributed by atoms with Gasteiger partial charge in [0.05, 0.1) is 18.9 Å². The van der Waals surface area contributed by atoms with E-state index in [-0.39, 0.29) is 18.1 Å². The summed E-state index contributed by atoms with van der Waals surface area (Å²) in [6, 6.07) is 0.166. The van der Waals surface area contributed by atoms with Gasteiger partial charge < -0.3 is 14.8 Å². The molecule has 2 aliphatic rings. The first-order valence-electron chi connectivity index (χ1n) is 7.77. The average molecular weight is 293 g/mol. The fourth-order valence-corrected chi connectivity index (χ4v) is 2.95. The Labute approximate surface area is 124 Å². The lowest BCUT2D eigenvalue weighted by Gasteiger charge is -2.24. The molecule has 3 rings (SSSR count). The maximum atomic E-state index is 12.2. The number of aryl methyl sites for hydroxylation is 1. The van der Waals surface area contributed by atoms with Gasteiger partial charge in [-0.2, -0.15) is 5.10 Å². The predicted octanol–water partition coefficient (Wildman–Crippen LogP) is 0.967. The molecule has 3 unspecified atom stereocenters. The Morgan fingerprint density at radius 2 is 2.52 bits per heavy atom. The van der Waals surface area contributed by atoms with Gasteiger partial charge in [-0.05, 0) is 38.2 Å². The maximum Gasteiger partial charge on any atom is 0.249 e. The zero-order valence-corrected chi connectivity index (χ0v) is 12.4. The number of amides is 1. The summed E-state index contributed by atoms with van der Waals surface area (Å²) in [6.45, 7) is 3.11. The summed E-state index contributed by atoms with van der Waals surface area (Å²) < 4.78 is 11.1. The molecule has 6 nitrogen and oxygen atoms in total. The van der Waals surface area contributed by atoms with Crippen LogP contribution >= 0.6 is 0 Å². The highest BCUT2D eigenvalue weighted by Gasteiger charge is 2.25. The van der Waals surface area contributed by atoms with Crippen molar-refractivity contribution in [1.82, 2.24) is 15.5 Å². The Hall–Kier alpha value is -1.40. The third-order valence-electron chi connectivity index (χ3n) is 4.29. The Bertz CT molecular complexity index is 482. The third kappa shape index (κ3) is 3.63. The summed E-state index contributed by atoms with van der Waals surface area (Å²) in [5, 5.41) is 10.1. The number of carbonyl (C=O) groups excluding carboxylic acids is 1. The summed E-state index contributed by atoms with van der Waals surface area (Å²) in [7, 11) is 0. The van der Waals surface area contributed by atoms with Gasteiger partial charge in [0.15, 0.2) is 0 Å². The van der Waals surface area contributed by atoms with Crippen molar-refractivity contribution in [2.24, 2.45) is 0 Å². The molecule has 0 spiro atoms. The lowest BCUT2D eigenvalue weighted by atomic mass is 9.93. The minimum atomic E-state index is -0.433. The molecule has 2 heterocycles. The Balaban J connectivity index is 1.43. The van der Waals surface area contributed by atoms with E-state index in [2.05, 4.69) is 15.5 Å². The number of H-pyrrole nitrogens is 1. The molecule has 1 aliphatic heterocycles. The zero-order valence-electron chi connectivity index (χ0n) is 12.4. The van der Waals surface area contributed by atoms with Crippen LogP contribution in [0.3, 0.4) is 0 Å². The fourth-order valence-electron chi connectivity index (χ4n) is 2.95. The number of hydrogen-bond acceptors (Lipinski definition) is 4. The van der Waals surface area contributed by atoms with Crippen molar-refractivity contribution in [2.75, 3.05) is 13.2 Å². The number of ether oxygens (including phenoxy) is 2. The van der Waals surface area contributed by atoms with E-state index in [1.165, 1.54) is 5.56 Å². The quantitative estimate of drug-likeness (QED) is 0.848. The second kappa shape index (κ2) is 6.58. The number of carbonyl (C=O) groups is 1. The van der Waals surface area contributed by atoms with Gasteiger partial charge in [-0.1, -0.05) is 0 Å². The van der Waals surface area contributed by atoms with Crippen molar-refractivity contribution in [3.8, 4) is 0 Å². The molecule has 1 aromatic heterocycles. The molecule has 0 bridgehead atoms. The topological polar surface area (TPSA) is 76.2 Å². The van der Waals surface area contributed by atoms with Gasteiger partial charge in [-0.3, -0.25) is 9.89 Å². The predicted molar refractivity (Wildman–Crippen MR) is 76.9 cm³/mol. The summed E-state index contributed by atoms with van der Waals surface area (Å²) in [4.78, 5) is 12.2. The molecule has 0 aromatic carbocycles. The molecule has 21 heavy (non-hydrogen) atoms. The van der Waals surface area contributed by atoms with E-state index in [0.29, 0.717) is 6.61 Å². The van der Waals surface area contributed by atoms with Crippen molar-refractivity contribution in [3.63, 3.8) is 0 Å². The van der Waals surface area contributed by atoms with Crippen molar-refractivity contribution < 1.29 is 14.3 Å². The summed E-state index contributed by atoms with van der Waals surface area (Å²) in [5.41, 5.74) is 2.41. The van der Waals surface area contributed by atoms with E-state index in [9.17, 15) is 4.79 Å². The molecule has 116 valence electrons. The van der Waals surface area contributed by atoms with Crippen LogP contribution in [0.15, 0.2) is 6.20 Å². The third-order valence-corrected chi connectivity index (χ3v) is 4.29. The van der Waals surface area contributed by atoms with E-state index in [1.807, 2.05) is 6.20 Å². The Morgan fingerprint density at radius 3 is 3.33 bits per heavy atom. The molecular formula is C15H23N3O3. The standard InChI is InChI=1S/C15H23N3O3/c1-10(21-9-13-3-2-6-20-13)15(19)17-12-5-4-11-8-16-18-14(11)7-12/h8,10,12-13H,2-7,9H2,1H3,(H,16,18)(H,17,19). The number of hydrogen-bond donors (Lipinski definition) is 2. The summed E-state index contributed by atoms with van der Waals surface area (Å²) in [5.74, 6) is -0.0408. The molecule has 2 N–H and O–H groups in total. The largest absolute Gasteiger partial charge is 0.376 e. The van der Waals surface area contributed by atoms with Gasteiger partial charge in [0, 0.05) is 24.8 Å². The molecule has 1 aromatic rings. The number of aromatic nitrogens is 2. The first kappa shape index (κ1) is 14.5. The SMILES string of the molecule is CC(OCC1CCCO1)C(=O)NC1CCc2cn[nH]c2C1. The second-order valence-corrected chi connectivity index (χ2v) is 5.93. The minimum absolute atomic E-state index is 0.0408. The van der Waals surface area contributed by atoms with Crippen LogP contribution in [0.5, 0.6) is 0 Å². The van der Waals surface area contributed by atoms with Crippen LogP contribution in [0.4, 0.5) is 0 Å². The van der Waals surface area contributed by atoms with Crippen LogP contribution in [0, 0.1) is 0 Å². The number of fused-ring (bicyclic) bond motifs is 1. The Kier molecular flexibility index (Phi) is 4.55. The highest BCUT2D eigenvalue weighted by atomic mass is 16.5. The molecule has 1 amide bonds. The molecule has 1 saturated heterocycles. The van der Waals surface area contributed by atoms with E-state index in [1.54, 1.807) is 6.92 Å². The first-order valence-corrected chi connectivity index (χ1v) is 7.77. The minimum Gasteiger partial charge on any atom is -0.376 e. The smallest absolute Gasteiger partial charge is 0.249 e. The monoisotopic (exact) mass is 293 g/mol. The van der Waals surface area contributed by atoms with E-state index >= 15 is 0 Å². The van der Waals surface area contributed by atoms with Crippen LogP contribution in [0.1, 0.15) is 37.4 Å². The van der Waals surface area contributed by atoms with Gasteiger partial charge in [0.25, 0.3) is 0 Å². The maximum absolute atomic E-state index is 12.2. The van der Waals surface area contributed by atoms with Crippen LogP contribution < -0.4 is 5.32 Å². The van der Waals surface area contributed by atoms with Crippen LogP contribution in [0.25, 0.3) is 0 Å². The van der Waals surface area contributed by atoms with Crippen molar-refractivity contribution >= 4 is 5.91 Å². The molecule has 0 radical (unpaired) electrons. The fraction of sp³-hybridized carbons (Fsp3) is 0.733. The highest BCUT2D eigenvalue weighted by Crippen LogP contribution is 2.19. The molecular weight excluding hydrogens is 270 g/mol. The van der Waals surface area contributed by atoms with Crippen molar-refractivity contribution in [2.45, 2.75) is 57.3 Å². The lowest BCUT2D eigenvalue weighted by Crippen LogP contribution is -2.44. The normalized spacial score (nSPS) is 26.3. The molecule has 0 saturated carbocycles. The van der Waals surface area contributed by atoms with Gasteiger partial charge in [0.1, 0.15) is 6.10 Å². The summed E-state index contributed by atoms with van der Waals surface area (Å²) in [6.07, 6.45) is 6.45.